The number of likely N-dealkylation sites (tertiary alicyclic amines) is 1. The maximum absolute atomic E-state index is 14.5. The van der Waals surface area contributed by atoms with Gasteiger partial charge in [0.25, 0.3) is 0 Å². The number of hydrogen-bond donors (Lipinski definition) is 3. The first-order chi connectivity index (χ1) is 20.8. The van der Waals surface area contributed by atoms with Crippen molar-refractivity contribution >= 4 is 23.4 Å². The fourth-order valence-electron chi connectivity index (χ4n) is 5.25. The van der Waals surface area contributed by atoms with Gasteiger partial charge in [0.05, 0.1) is 12.2 Å². The van der Waals surface area contributed by atoms with Crippen LogP contribution in [0.2, 0.25) is 5.02 Å². The Balaban J connectivity index is 0.000000403. The number of piperidine rings is 2. The van der Waals surface area contributed by atoms with Gasteiger partial charge in [-0.2, -0.15) is 0 Å². The molecule has 4 N–H and O–H groups in total. The number of carbonyl (C=O) groups excluding carboxylic acids is 2. The Morgan fingerprint density at radius 2 is 1.70 bits per heavy atom. The first kappa shape index (κ1) is 32.3. The van der Waals surface area contributed by atoms with E-state index in [1.165, 1.54) is 12.3 Å². The van der Waals surface area contributed by atoms with Gasteiger partial charge in [0, 0.05) is 35.2 Å². The highest BCUT2D eigenvalue weighted by Gasteiger charge is 2.28. The van der Waals surface area contributed by atoms with Gasteiger partial charge in [-0.15, -0.1) is 0 Å². The molecule has 1 aromatic heterocycles. The molecule has 0 radical (unpaired) electrons. The van der Waals surface area contributed by atoms with E-state index in [-0.39, 0.29) is 35.2 Å². The van der Waals surface area contributed by atoms with Gasteiger partial charge in [0.15, 0.2) is 11.6 Å². The van der Waals surface area contributed by atoms with Crippen LogP contribution in [0.5, 0.6) is 5.75 Å². The molecule has 2 aromatic carbocycles. The predicted octanol–water partition coefficient (Wildman–Crippen LogP) is 4.48. The molecule has 230 valence electrons. The number of ether oxygens (including phenoxy) is 1. The van der Waals surface area contributed by atoms with Crippen LogP contribution in [0.25, 0.3) is 0 Å². The van der Waals surface area contributed by atoms with Gasteiger partial charge < -0.3 is 21.1 Å². The van der Waals surface area contributed by atoms with Crippen LogP contribution >= 0.6 is 11.6 Å². The van der Waals surface area contributed by atoms with Crippen LogP contribution in [0.1, 0.15) is 42.9 Å². The van der Waals surface area contributed by atoms with Gasteiger partial charge in [-0.05, 0) is 87.8 Å². The average molecular weight is 614 g/mol. The zero-order valence-electron chi connectivity index (χ0n) is 24.0. The SMILES string of the molecule is NC(=O)C1CCNCC1.O=C(NC(c1ccc(Cl)cc1)c1ccncc1F)C1CCN(CCOc2ccccc2F)CC1. The number of para-hydroxylation sites is 1. The highest BCUT2D eigenvalue weighted by atomic mass is 35.5. The minimum atomic E-state index is -0.639. The van der Waals surface area contributed by atoms with Crippen LogP contribution in [0.15, 0.2) is 67.0 Å². The van der Waals surface area contributed by atoms with Crippen LogP contribution in [0, 0.1) is 23.5 Å². The summed E-state index contributed by atoms with van der Waals surface area (Å²) in [5.74, 6) is -0.913. The molecule has 0 aliphatic carbocycles. The number of carbonyl (C=O) groups is 2. The number of nitrogens with one attached hydrogen (secondary N) is 2. The number of aromatic nitrogens is 1. The second-order valence-electron chi connectivity index (χ2n) is 10.7. The highest BCUT2D eigenvalue weighted by Crippen LogP contribution is 2.27. The second kappa shape index (κ2) is 16.3. The summed E-state index contributed by atoms with van der Waals surface area (Å²) in [6.45, 7) is 4.36. The second-order valence-corrected chi connectivity index (χ2v) is 11.1. The number of pyridine rings is 1. The van der Waals surface area contributed by atoms with Gasteiger partial charge >= 0.3 is 0 Å². The van der Waals surface area contributed by atoms with E-state index in [9.17, 15) is 18.4 Å². The largest absolute Gasteiger partial charge is 0.489 e. The molecule has 0 bridgehead atoms. The summed E-state index contributed by atoms with van der Waals surface area (Å²) in [5, 5.41) is 6.76. The Bertz CT molecular complexity index is 1330. The lowest BCUT2D eigenvalue weighted by Gasteiger charge is -2.32. The number of primary amides is 1. The smallest absolute Gasteiger partial charge is 0.223 e. The van der Waals surface area contributed by atoms with Crippen molar-refractivity contribution in [3.8, 4) is 5.75 Å². The van der Waals surface area contributed by atoms with Gasteiger partial charge in [-0.1, -0.05) is 35.9 Å². The van der Waals surface area contributed by atoms with E-state index < -0.39 is 11.9 Å². The minimum Gasteiger partial charge on any atom is -0.489 e. The number of benzene rings is 2. The molecule has 2 amide bonds. The summed E-state index contributed by atoms with van der Waals surface area (Å²) in [5.41, 5.74) is 6.20. The molecular weight excluding hydrogens is 576 g/mol. The van der Waals surface area contributed by atoms with E-state index in [1.807, 2.05) is 0 Å². The average Bonchev–Trinajstić information content (AvgIpc) is 3.03. The fourth-order valence-corrected chi connectivity index (χ4v) is 5.37. The normalized spacial score (nSPS) is 16.9. The van der Waals surface area contributed by atoms with Gasteiger partial charge in [0.2, 0.25) is 11.8 Å². The summed E-state index contributed by atoms with van der Waals surface area (Å²) in [4.78, 5) is 29.7. The third-order valence-corrected chi connectivity index (χ3v) is 8.06. The number of hydrogen-bond acceptors (Lipinski definition) is 6. The monoisotopic (exact) mass is 613 g/mol. The van der Waals surface area contributed by atoms with Crippen molar-refractivity contribution in [2.45, 2.75) is 31.7 Å². The van der Waals surface area contributed by atoms with Crippen LogP contribution in [-0.2, 0) is 9.59 Å². The number of amides is 2. The molecule has 2 fully saturated rings. The van der Waals surface area contributed by atoms with Crippen molar-refractivity contribution < 1.29 is 23.1 Å². The molecule has 3 aromatic rings. The fraction of sp³-hybridized carbons (Fsp3) is 0.406. The van der Waals surface area contributed by atoms with Crippen molar-refractivity contribution in [1.82, 2.24) is 20.5 Å². The number of halogens is 3. The molecule has 0 spiro atoms. The first-order valence-corrected chi connectivity index (χ1v) is 14.9. The van der Waals surface area contributed by atoms with E-state index in [0.717, 1.165) is 50.8 Å². The Morgan fingerprint density at radius 3 is 2.33 bits per heavy atom. The highest BCUT2D eigenvalue weighted by molar-refractivity contribution is 6.30. The first-order valence-electron chi connectivity index (χ1n) is 14.6. The van der Waals surface area contributed by atoms with Crippen molar-refractivity contribution in [3.05, 3.63) is 94.8 Å². The molecule has 11 heteroatoms. The maximum atomic E-state index is 14.5. The van der Waals surface area contributed by atoms with Crippen LogP contribution < -0.4 is 21.1 Å². The molecule has 3 heterocycles. The predicted molar refractivity (Wildman–Crippen MR) is 161 cm³/mol. The van der Waals surface area contributed by atoms with Crippen LogP contribution in [-0.4, -0.2) is 61.0 Å². The summed E-state index contributed by atoms with van der Waals surface area (Å²) >= 11 is 6.01. The van der Waals surface area contributed by atoms with Crippen molar-refractivity contribution in [1.29, 1.82) is 0 Å². The zero-order valence-corrected chi connectivity index (χ0v) is 24.7. The van der Waals surface area contributed by atoms with E-state index in [0.29, 0.717) is 36.6 Å². The van der Waals surface area contributed by atoms with Crippen molar-refractivity contribution in [2.24, 2.45) is 17.6 Å². The molecule has 43 heavy (non-hydrogen) atoms. The van der Waals surface area contributed by atoms with Crippen molar-refractivity contribution in [3.63, 3.8) is 0 Å². The standard InChI is InChI=1S/C26H26ClF2N3O2.C6H12N2O/c27-20-7-5-18(6-8-20)25(21-9-12-30-17-23(21)29)31-26(33)19-10-13-32(14-11-19)15-16-34-24-4-2-1-3-22(24)28;7-6(9)5-1-3-8-4-2-5/h1-9,12,17,19,25H,10-11,13-16H2,(H,31,33);5,8H,1-4H2,(H2,7,9). The Labute approximate surface area is 256 Å². The van der Waals surface area contributed by atoms with Gasteiger partial charge in [-0.25, -0.2) is 8.78 Å². The lowest BCUT2D eigenvalue weighted by Crippen LogP contribution is -2.43. The summed E-state index contributed by atoms with van der Waals surface area (Å²) in [6.07, 6.45) is 5.84. The zero-order chi connectivity index (χ0) is 30.6. The number of nitrogens with two attached hydrogens (primary N) is 1. The molecule has 5 rings (SSSR count). The van der Waals surface area contributed by atoms with Crippen LogP contribution in [0.4, 0.5) is 8.78 Å². The number of nitrogens with zero attached hydrogens (tertiary/aromatic N) is 2. The topological polar surface area (TPSA) is 110 Å². The quantitative estimate of drug-likeness (QED) is 0.328. The molecule has 8 nitrogen and oxygen atoms in total. The maximum Gasteiger partial charge on any atom is 0.223 e. The third kappa shape index (κ3) is 9.71. The molecule has 2 saturated heterocycles. The van der Waals surface area contributed by atoms with Gasteiger partial charge in [-0.3, -0.25) is 19.5 Å². The number of rotatable bonds is 9. The van der Waals surface area contributed by atoms with Crippen molar-refractivity contribution in [2.75, 3.05) is 39.3 Å². The molecule has 1 unspecified atom stereocenters. The molecule has 1 atom stereocenters. The molecule has 2 aliphatic heterocycles. The minimum absolute atomic E-state index is 0.113. The summed E-state index contributed by atoms with van der Waals surface area (Å²) in [6, 6.07) is 14.3. The summed E-state index contributed by atoms with van der Waals surface area (Å²) < 4.78 is 33.7. The molecular formula is C32H38ClF2N5O3. The Morgan fingerprint density at radius 1 is 1.00 bits per heavy atom. The van der Waals surface area contributed by atoms with E-state index in [4.69, 9.17) is 22.1 Å². The Kier molecular flexibility index (Phi) is 12.3. The molecule has 2 aliphatic rings. The van der Waals surface area contributed by atoms with E-state index in [1.54, 1.807) is 48.5 Å². The van der Waals surface area contributed by atoms with Gasteiger partial charge in [0.1, 0.15) is 12.4 Å². The summed E-state index contributed by atoms with van der Waals surface area (Å²) in [7, 11) is 0. The molecule has 0 saturated carbocycles. The van der Waals surface area contributed by atoms with Crippen LogP contribution in [0.3, 0.4) is 0 Å². The van der Waals surface area contributed by atoms with E-state index in [2.05, 4.69) is 20.5 Å². The lowest BCUT2D eigenvalue weighted by atomic mass is 9.93. The lowest BCUT2D eigenvalue weighted by molar-refractivity contribution is -0.127. The van der Waals surface area contributed by atoms with E-state index >= 15 is 0 Å². The third-order valence-electron chi connectivity index (χ3n) is 7.81. The Hall–Kier alpha value is -3.60.